The van der Waals surface area contributed by atoms with E-state index >= 15 is 0 Å². The molecule has 2 rings (SSSR count). The minimum Gasteiger partial charge on any atom is -0.481 e. The van der Waals surface area contributed by atoms with E-state index in [0.29, 0.717) is 44.0 Å². The van der Waals surface area contributed by atoms with Crippen LogP contribution in [0.25, 0.3) is 0 Å². The number of likely N-dealkylation sites (tertiary alicyclic amines) is 1. The Labute approximate surface area is 128 Å². The highest BCUT2D eigenvalue weighted by molar-refractivity contribution is 5.94. The van der Waals surface area contributed by atoms with Crippen molar-refractivity contribution in [1.29, 1.82) is 0 Å². The van der Waals surface area contributed by atoms with Gasteiger partial charge in [-0.15, -0.1) is 0 Å². The van der Waals surface area contributed by atoms with Crippen molar-refractivity contribution in [2.45, 2.75) is 12.8 Å². The quantitative estimate of drug-likeness (QED) is 0.790. The molecule has 120 valence electrons. The summed E-state index contributed by atoms with van der Waals surface area (Å²) in [7, 11) is 1.58. The van der Waals surface area contributed by atoms with Gasteiger partial charge in [0.15, 0.2) is 0 Å². The van der Waals surface area contributed by atoms with E-state index in [1.807, 2.05) is 0 Å². The average molecular weight is 308 g/mol. The molecule has 1 atom stereocenters. The van der Waals surface area contributed by atoms with E-state index < -0.39 is 11.9 Å². The molecule has 7 heteroatoms. The van der Waals surface area contributed by atoms with Crippen LogP contribution in [0.15, 0.2) is 18.3 Å². The van der Waals surface area contributed by atoms with Gasteiger partial charge in [0, 0.05) is 38.0 Å². The number of methoxy groups -OCH3 is 1. The Hall–Kier alpha value is -2.15. The minimum atomic E-state index is -0.851. The molecule has 0 bridgehead atoms. The highest BCUT2D eigenvalue weighted by atomic mass is 16.5. The number of hydrogen-bond acceptors (Lipinski definition) is 5. The Balaban J connectivity index is 2.02. The summed E-state index contributed by atoms with van der Waals surface area (Å²) < 4.78 is 10.3. The van der Waals surface area contributed by atoms with Gasteiger partial charge in [-0.05, 0) is 18.9 Å². The fourth-order valence-electron chi connectivity index (χ4n) is 2.40. The maximum absolute atomic E-state index is 12.5. The molecular formula is C15H20N2O5. The fraction of sp³-hybridized carbons (Fsp3) is 0.533. The molecule has 7 nitrogen and oxygen atoms in total. The smallest absolute Gasteiger partial charge is 0.308 e. The highest BCUT2D eigenvalue weighted by Crippen LogP contribution is 2.20. The molecule has 1 aliphatic rings. The predicted molar refractivity (Wildman–Crippen MR) is 77.9 cm³/mol. The molecule has 1 aliphatic heterocycles. The first-order valence-corrected chi connectivity index (χ1v) is 7.21. The monoisotopic (exact) mass is 308 g/mol. The second-order valence-corrected chi connectivity index (χ2v) is 5.15. The van der Waals surface area contributed by atoms with E-state index in [-0.39, 0.29) is 12.5 Å². The molecule has 1 saturated heterocycles. The van der Waals surface area contributed by atoms with Crippen LogP contribution in [0.3, 0.4) is 0 Å². The predicted octanol–water partition coefficient (Wildman–Crippen LogP) is 1.04. The highest BCUT2D eigenvalue weighted by Gasteiger charge is 2.28. The van der Waals surface area contributed by atoms with Gasteiger partial charge in [0.1, 0.15) is 6.61 Å². The number of aromatic nitrogens is 1. The summed E-state index contributed by atoms with van der Waals surface area (Å²) in [6, 6.07) is 3.18. The molecule has 0 saturated carbocycles. The van der Waals surface area contributed by atoms with Crippen LogP contribution in [0.1, 0.15) is 23.2 Å². The van der Waals surface area contributed by atoms with Crippen molar-refractivity contribution in [2.24, 2.45) is 5.92 Å². The number of rotatable bonds is 6. The summed E-state index contributed by atoms with van der Waals surface area (Å²) in [5.74, 6) is -1.17. The molecule has 22 heavy (non-hydrogen) atoms. The topological polar surface area (TPSA) is 89.0 Å². The maximum atomic E-state index is 12.5. The lowest BCUT2D eigenvalue weighted by molar-refractivity contribution is -0.143. The maximum Gasteiger partial charge on any atom is 0.308 e. The van der Waals surface area contributed by atoms with E-state index in [4.69, 9.17) is 14.6 Å². The third-order valence-corrected chi connectivity index (χ3v) is 3.58. The average Bonchev–Trinajstić information content (AvgIpc) is 2.55. The number of aliphatic carboxylic acids is 1. The molecule has 1 aromatic heterocycles. The standard InChI is InChI=1S/C15H20N2O5/c1-21-7-8-22-13-9-11(4-5-16-13)14(18)17-6-2-3-12(10-17)15(19)20/h4-5,9,12H,2-3,6-8,10H2,1H3,(H,19,20). The number of ether oxygens (including phenoxy) is 2. The van der Waals surface area contributed by atoms with Crippen molar-refractivity contribution >= 4 is 11.9 Å². The number of pyridine rings is 1. The summed E-state index contributed by atoms with van der Waals surface area (Å²) in [6.45, 7) is 1.61. The van der Waals surface area contributed by atoms with Crippen LogP contribution in [0, 0.1) is 5.92 Å². The molecule has 0 aliphatic carbocycles. The molecule has 1 amide bonds. The van der Waals surface area contributed by atoms with Gasteiger partial charge in [-0.1, -0.05) is 0 Å². The number of hydrogen-bond donors (Lipinski definition) is 1. The van der Waals surface area contributed by atoms with Crippen molar-refractivity contribution < 1.29 is 24.2 Å². The van der Waals surface area contributed by atoms with E-state index in [1.54, 1.807) is 24.1 Å². The van der Waals surface area contributed by atoms with E-state index in [9.17, 15) is 9.59 Å². The first-order chi connectivity index (χ1) is 10.6. The zero-order valence-electron chi connectivity index (χ0n) is 12.5. The lowest BCUT2D eigenvalue weighted by Gasteiger charge is -2.30. The van der Waals surface area contributed by atoms with E-state index in [2.05, 4.69) is 4.98 Å². The Morgan fingerprint density at radius 3 is 3.00 bits per heavy atom. The number of carboxylic acids is 1. The van der Waals surface area contributed by atoms with Crippen LogP contribution < -0.4 is 4.74 Å². The number of carboxylic acid groups (broad SMARTS) is 1. The van der Waals surface area contributed by atoms with Crippen LogP contribution in [0.4, 0.5) is 0 Å². The number of nitrogens with zero attached hydrogens (tertiary/aromatic N) is 2. The van der Waals surface area contributed by atoms with Crippen LogP contribution in [-0.4, -0.2) is 60.3 Å². The molecule has 2 heterocycles. The van der Waals surface area contributed by atoms with Crippen LogP contribution >= 0.6 is 0 Å². The Kier molecular flexibility index (Phi) is 5.71. The lowest BCUT2D eigenvalue weighted by atomic mass is 9.98. The third kappa shape index (κ3) is 4.17. The number of carbonyl (C=O) groups is 2. The van der Waals surface area contributed by atoms with Crippen LogP contribution in [-0.2, 0) is 9.53 Å². The van der Waals surface area contributed by atoms with Gasteiger partial charge in [-0.2, -0.15) is 0 Å². The van der Waals surface area contributed by atoms with Crippen molar-refractivity contribution in [3.8, 4) is 5.88 Å². The van der Waals surface area contributed by atoms with Gasteiger partial charge in [0.25, 0.3) is 5.91 Å². The molecule has 0 spiro atoms. The molecule has 1 aromatic rings. The van der Waals surface area contributed by atoms with Crippen LogP contribution in [0.2, 0.25) is 0 Å². The molecule has 1 fully saturated rings. The summed E-state index contributed by atoms with van der Waals surface area (Å²) in [5.41, 5.74) is 0.452. The SMILES string of the molecule is COCCOc1cc(C(=O)N2CCCC(C(=O)O)C2)ccn1. The largest absolute Gasteiger partial charge is 0.481 e. The van der Waals surface area contributed by atoms with Crippen LogP contribution in [0.5, 0.6) is 5.88 Å². The van der Waals surface area contributed by atoms with E-state index in [0.717, 1.165) is 0 Å². The van der Waals surface area contributed by atoms with Crippen molar-refractivity contribution in [3.05, 3.63) is 23.9 Å². The summed E-state index contributed by atoms with van der Waals surface area (Å²) in [6.07, 6.45) is 2.82. The second-order valence-electron chi connectivity index (χ2n) is 5.15. The van der Waals surface area contributed by atoms with Gasteiger partial charge in [0.05, 0.1) is 12.5 Å². The Morgan fingerprint density at radius 1 is 1.45 bits per heavy atom. The first kappa shape index (κ1) is 16.2. The minimum absolute atomic E-state index is 0.190. The van der Waals surface area contributed by atoms with Gasteiger partial charge >= 0.3 is 5.97 Å². The zero-order valence-corrected chi connectivity index (χ0v) is 12.5. The fourth-order valence-corrected chi connectivity index (χ4v) is 2.40. The zero-order chi connectivity index (χ0) is 15.9. The van der Waals surface area contributed by atoms with Gasteiger partial charge in [-0.3, -0.25) is 9.59 Å². The van der Waals surface area contributed by atoms with E-state index in [1.165, 1.54) is 6.20 Å². The number of amides is 1. The van der Waals surface area contributed by atoms with Gasteiger partial charge in [0.2, 0.25) is 5.88 Å². The summed E-state index contributed by atoms with van der Waals surface area (Å²) in [4.78, 5) is 29.2. The van der Waals surface area contributed by atoms with Gasteiger partial charge < -0.3 is 19.5 Å². The number of piperidine rings is 1. The Bertz CT molecular complexity index is 534. The molecule has 0 aromatic carbocycles. The summed E-state index contributed by atoms with van der Waals surface area (Å²) in [5, 5.41) is 9.09. The van der Waals surface area contributed by atoms with Gasteiger partial charge in [-0.25, -0.2) is 4.98 Å². The third-order valence-electron chi connectivity index (χ3n) is 3.58. The van der Waals surface area contributed by atoms with Crippen molar-refractivity contribution in [1.82, 2.24) is 9.88 Å². The molecule has 1 unspecified atom stereocenters. The van der Waals surface area contributed by atoms with Crippen molar-refractivity contribution in [3.63, 3.8) is 0 Å². The summed E-state index contributed by atoms with van der Waals surface area (Å²) >= 11 is 0. The van der Waals surface area contributed by atoms with Crippen molar-refractivity contribution in [2.75, 3.05) is 33.4 Å². The Morgan fingerprint density at radius 2 is 2.27 bits per heavy atom. The molecule has 1 N–H and O–H groups in total. The molecule has 0 radical (unpaired) electrons. The lowest BCUT2D eigenvalue weighted by Crippen LogP contribution is -2.42. The second kappa shape index (κ2) is 7.74. The molecular weight excluding hydrogens is 288 g/mol. The normalized spacial score (nSPS) is 18.0. The number of carbonyl (C=O) groups excluding carboxylic acids is 1. The first-order valence-electron chi connectivity index (χ1n) is 7.21.